The second-order valence-electron chi connectivity index (χ2n) is 5.52. The van der Waals surface area contributed by atoms with Crippen LogP contribution in [0.5, 0.6) is 5.75 Å². The van der Waals surface area contributed by atoms with Crippen LogP contribution in [0.3, 0.4) is 0 Å². The van der Waals surface area contributed by atoms with Crippen molar-refractivity contribution in [2.75, 3.05) is 4.90 Å². The van der Waals surface area contributed by atoms with Gasteiger partial charge in [-0.2, -0.15) is 0 Å². The highest BCUT2D eigenvalue weighted by atomic mass is 19.4. The van der Waals surface area contributed by atoms with Gasteiger partial charge in [0.1, 0.15) is 11.6 Å². The van der Waals surface area contributed by atoms with Gasteiger partial charge in [-0.1, -0.05) is 12.1 Å². The van der Waals surface area contributed by atoms with Gasteiger partial charge in [-0.15, -0.1) is 13.2 Å². The van der Waals surface area contributed by atoms with Crippen LogP contribution in [-0.4, -0.2) is 18.0 Å². The van der Waals surface area contributed by atoms with Crippen molar-refractivity contribution >= 4 is 17.3 Å². The first-order chi connectivity index (χ1) is 11.7. The van der Waals surface area contributed by atoms with Gasteiger partial charge in [-0.05, 0) is 42.0 Å². The van der Waals surface area contributed by atoms with E-state index in [2.05, 4.69) is 4.74 Å². The maximum atomic E-state index is 13.5. The van der Waals surface area contributed by atoms with Crippen LogP contribution in [0.4, 0.5) is 23.2 Å². The van der Waals surface area contributed by atoms with Crippen molar-refractivity contribution in [3.05, 3.63) is 59.9 Å². The lowest BCUT2D eigenvalue weighted by molar-refractivity contribution is -0.274. The van der Waals surface area contributed by atoms with Gasteiger partial charge in [0.2, 0.25) is 5.71 Å². The summed E-state index contributed by atoms with van der Waals surface area (Å²) in [6, 6.07) is 10.1. The molecule has 1 amide bonds. The van der Waals surface area contributed by atoms with E-state index in [1.165, 1.54) is 35.2 Å². The summed E-state index contributed by atoms with van der Waals surface area (Å²) in [4.78, 5) is 13.7. The van der Waals surface area contributed by atoms with Crippen molar-refractivity contribution in [1.29, 1.82) is 0 Å². The molecule has 2 aromatic rings. The molecule has 2 N–H and O–H groups in total. The number of amides is 1. The summed E-state index contributed by atoms with van der Waals surface area (Å²) in [7, 11) is 0. The smallest absolute Gasteiger partial charge is 0.406 e. The van der Waals surface area contributed by atoms with Crippen LogP contribution in [0.25, 0.3) is 0 Å². The average Bonchev–Trinajstić information content (AvgIpc) is 2.82. The predicted octanol–water partition coefficient (Wildman–Crippen LogP) is 2.40. The minimum atomic E-state index is -4.80. The number of carbonyl (C=O) groups excluding carboxylic acids is 1. The second kappa shape index (κ2) is 6.19. The van der Waals surface area contributed by atoms with Crippen LogP contribution in [0.2, 0.25) is 0 Å². The first-order valence-electron chi connectivity index (χ1n) is 7.31. The van der Waals surface area contributed by atoms with Crippen LogP contribution in [0.1, 0.15) is 18.0 Å². The molecular formula is C17H13F4N2O2+. The minimum Gasteiger partial charge on any atom is -0.406 e. The Morgan fingerprint density at radius 1 is 1.12 bits per heavy atom. The fourth-order valence-electron chi connectivity index (χ4n) is 2.77. The molecule has 2 aromatic carbocycles. The molecule has 0 aliphatic carbocycles. The Bertz CT molecular complexity index is 818. The van der Waals surface area contributed by atoms with Gasteiger partial charge in [-0.25, -0.2) is 4.39 Å². The molecule has 3 rings (SSSR count). The molecule has 4 nitrogen and oxygen atoms in total. The van der Waals surface area contributed by atoms with Crippen molar-refractivity contribution in [3.8, 4) is 5.75 Å². The van der Waals surface area contributed by atoms with E-state index in [1.807, 2.05) is 0 Å². The quantitative estimate of drug-likeness (QED) is 0.862. The Hall–Kier alpha value is -2.90. The third-order valence-electron chi connectivity index (χ3n) is 3.80. The minimum absolute atomic E-state index is 0.102. The summed E-state index contributed by atoms with van der Waals surface area (Å²) in [5, 5.41) is 5.74. The lowest BCUT2D eigenvalue weighted by Crippen LogP contribution is -2.45. The number of hydrogen-bond donors (Lipinski definition) is 1. The Morgan fingerprint density at radius 3 is 2.40 bits per heavy atom. The zero-order valence-corrected chi connectivity index (χ0v) is 12.8. The number of halogens is 4. The van der Waals surface area contributed by atoms with Gasteiger partial charge in [-0.3, -0.25) is 15.1 Å². The molecule has 1 heterocycles. The van der Waals surface area contributed by atoms with Crippen LogP contribution in [0.15, 0.2) is 48.5 Å². The fraction of sp³-hybridized carbons (Fsp3) is 0.176. The molecule has 1 atom stereocenters. The van der Waals surface area contributed by atoms with Crippen LogP contribution >= 0.6 is 0 Å². The van der Waals surface area contributed by atoms with Crippen molar-refractivity contribution in [2.24, 2.45) is 0 Å². The highest BCUT2D eigenvalue weighted by Gasteiger charge is 2.41. The summed E-state index contributed by atoms with van der Waals surface area (Å²) in [6.45, 7) is 0. The van der Waals surface area contributed by atoms with Crippen molar-refractivity contribution in [2.45, 2.75) is 18.8 Å². The summed E-state index contributed by atoms with van der Waals surface area (Å²) in [6.07, 6.45) is -4.60. The van der Waals surface area contributed by atoms with Crippen molar-refractivity contribution in [1.82, 2.24) is 0 Å². The standard InChI is InChI=1S/C17H12F4N2O2/c18-11-3-1-2-10(8-11)15-9-14(22)16(24)23(15)12-4-6-13(7-5-12)25-17(19,20)21/h1-8,15,22H,9H2/p+1. The molecule has 0 spiro atoms. The monoisotopic (exact) mass is 353 g/mol. The Morgan fingerprint density at radius 2 is 1.80 bits per heavy atom. The van der Waals surface area contributed by atoms with E-state index in [1.54, 1.807) is 6.07 Å². The van der Waals surface area contributed by atoms with Crippen LogP contribution in [-0.2, 0) is 4.79 Å². The van der Waals surface area contributed by atoms with E-state index in [4.69, 9.17) is 5.41 Å². The maximum Gasteiger partial charge on any atom is 0.573 e. The number of alkyl halides is 3. The molecule has 0 bridgehead atoms. The Balaban J connectivity index is 1.92. The van der Waals surface area contributed by atoms with E-state index in [9.17, 15) is 22.4 Å². The number of nitrogens with zero attached hydrogens (tertiary/aromatic N) is 1. The topological polar surface area (TPSA) is 55.1 Å². The molecular weight excluding hydrogens is 340 g/mol. The van der Waals surface area contributed by atoms with E-state index in [0.717, 1.165) is 12.1 Å². The molecule has 8 heteroatoms. The number of ether oxygens (including phenoxy) is 1. The maximum absolute atomic E-state index is 13.5. The highest BCUT2D eigenvalue weighted by Crippen LogP contribution is 2.36. The van der Waals surface area contributed by atoms with Gasteiger partial charge in [0.05, 0.1) is 12.5 Å². The van der Waals surface area contributed by atoms with E-state index in [0.29, 0.717) is 11.3 Å². The molecule has 1 fully saturated rings. The Kier molecular flexibility index (Phi) is 4.20. The lowest BCUT2D eigenvalue weighted by atomic mass is 10.0. The third kappa shape index (κ3) is 3.62. The fourth-order valence-corrected chi connectivity index (χ4v) is 2.77. The number of carbonyl (C=O) groups is 1. The first kappa shape index (κ1) is 16.9. The molecule has 0 radical (unpaired) electrons. The molecule has 25 heavy (non-hydrogen) atoms. The summed E-state index contributed by atoms with van der Waals surface area (Å²) < 4.78 is 54.0. The second-order valence-corrected chi connectivity index (χ2v) is 5.52. The molecule has 1 aliphatic rings. The average molecular weight is 353 g/mol. The van der Waals surface area contributed by atoms with E-state index < -0.39 is 29.9 Å². The lowest BCUT2D eigenvalue weighted by Gasteiger charge is -2.24. The number of anilines is 1. The summed E-state index contributed by atoms with van der Waals surface area (Å²) in [5.41, 5.74) is 0.989. The predicted molar refractivity (Wildman–Crippen MR) is 81.3 cm³/mol. The molecule has 1 aliphatic heterocycles. The van der Waals surface area contributed by atoms with Crippen LogP contribution in [0, 0.1) is 5.82 Å². The number of nitrogens with two attached hydrogens (primary N) is 1. The van der Waals surface area contributed by atoms with Gasteiger partial charge in [0.25, 0.3) is 0 Å². The number of hydrogen-bond acceptors (Lipinski definition) is 2. The summed E-state index contributed by atoms with van der Waals surface area (Å²) in [5.74, 6) is -1.31. The largest absolute Gasteiger partial charge is 0.573 e. The molecule has 1 unspecified atom stereocenters. The third-order valence-corrected chi connectivity index (χ3v) is 3.80. The molecule has 0 aromatic heterocycles. The van der Waals surface area contributed by atoms with E-state index in [-0.39, 0.29) is 12.1 Å². The number of benzene rings is 2. The Labute approximate surface area is 140 Å². The van der Waals surface area contributed by atoms with Crippen molar-refractivity contribution < 1.29 is 32.5 Å². The summed E-state index contributed by atoms with van der Waals surface area (Å²) >= 11 is 0. The molecule has 130 valence electrons. The number of rotatable bonds is 3. The normalized spacial score (nSPS) is 17.9. The SMILES string of the molecule is [NH2+]=C1CC(c2cccc(F)c2)N(c2ccc(OC(F)(F)F)cc2)C1=O. The van der Waals surface area contributed by atoms with Gasteiger partial charge in [0.15, 0.2) is 0 Å². The molecule has 0 saturated carbocycles. The van der Waals surface area contributed by atoms with Gasteiger partial charge in [0, 0.05) is 5.69 Å². The van der Waals surface area contributed by atoms with E-state index >= 15 is 0 Å². The highest BCUT2D eigenvalue weighted by molar-refractivity contribution is 6.44. The first-order valence-corrected chi connectivity index (χ1v) is 7.31. The van der Waals surface area contributed by atoms with Crippen molar-refractivity contribution in [3.63, 3.8) is 0 Å². The zero-order valence-electron chi connectivity index (χ0n) is 12.8. The van der Waals surface area contributed by atoms with Gasteiger partial charge >= 0.3 is 12.3 Å². The van der Waals surface area contributed by atoms with Crippen LogP contribution < -0.4 is 15.0 Å². The molecule has 1 saturated heterocycles. The van der Waals surface area contributed by atoms with Gasteiger partial charge < -0.3 is 4.74 Å². The zero-order chi connectivity index (χ0) is 18.2.